The summed E-state index contributed by atoms with van der Waals surface area (Å²) < 4.78 is 2.10. The van der Waals surface area contributed by atoms with Gasteiger partial charge < -0.3 is 5.11 Å². The first-order chi connectivity index (χ1) is 11.2. The zero-order chi connectivity index (χ0) is 15.8. The SMILES string of the molecule is Oc1ccc(-c2nc3ccccc3n2-c2ccc(Cl)cc2)cc1. The summed E-state index contributed by atoms with van der Waals surface area (Å²) in [5, 5.41) is 10.2. The van der Waals surface area contributed by atoms with Gasteiger partial charge in [-0.15, -0.1) is 0 Å². The van der Waals surface area contributed by atoms with Crippen LogP contribution in [0.4, 0.5) is 0 Å². The third-order valence-corrected chi connectivity index (χ3v) is 4.02. The Morgan fingerprint density at radius 3 is 2.26 bits per heavy atom. The lowest BCUT2D eigenvalue weighted by Crippen LogP contribution is -1.97. The average molecular weight is 321 g/mol. The number of benzene rings is 3. The van der Waals surface area contributed by atoms with Crippen LogP contribution in [0.1, 0.15) is 0 Å². The molecule has 0 unspecified atom stereocenters. The van der Waals surface area contributed by atoms with Gasteiger partial charge in [-0.25, -0.2) is 4.98 Å². The molecule has 0 radical (unpaired) electrons. The highest BCUT2D eigenvalue weighted by molar-refractivity contribution is 6.30. The summed E-state index contributed by atoms with van der Waals surface area (Å²) in [6.07, 6.45) is 0. The Morgan fingerprint density at radius 2 is 1.52 bits per heavy atom. The smallest absolute Gasteiger partial charge is 0.145 e. The summed E-state index contributed by atoms with van der Waals surface area (Å²) in [5.41, 5.74) is 3.88. The number of fused-ring (bicyclic) bond motifs is 1. The Hall–Kier alpha value is -2.78. The molecule has 0 amide bonds. The van der Waals surface area contributed by atoms with Crippen LogP contribution in [0.2, 0.25) is 5.02 Å². The number of imidazole rings is 1. The first-order valence-electron chi connectivity index (χ1n) is 7.25. The van der Waals surface area contributed by atoms with E-state index in [9.17, 15) is 5.11 Å². The molecule has 0 aliphatic carbocycles. The van der Waals surface area contributed by atoms with Crippen LogP contribution in [0.3, 0.4) is 0 Å². The van der Waals surface area contributed by atoms with Crippen molar-refractivity contribution in [3.05, 3.63) is 77.8 Å². The molecule has 4 heteroatoms. The molecule has 0 bridgehead atoms. The minimum Gasteiger partial charge on any atom is -0.508 e. The average Bonchev–Trinajstić information content (AvgIpc) is 2.96. The van der Waals surface area contributed by atoms with Crippen molar-refractivity contribution in [2.75, 3.05) is 0 Å². The van der Waals surface area contributed by atoms with Gasteiger partial charge in [0.15, 0.2) is 0 Å². The first kappa shape index (κ1) is 13.9. The lowest BCUT2D eigenvalue weighted by atomic mass is 10.2. The van der Waals surface area contributed by atoms with Crippen LogP contribution in [0.15, 0.2) is 72.8 Å². The minimum absolute atomic E-state index is 0.239. The van der Waals surface area contributed by atoms with Crippen molar-refractivity contribution in [1.82, 2.24) is 9.55 Å². The number of halogens is 1. The van der Waals surface area contributed by atoms with Gasteiger partial charge >= 0.3 is 0 Å². The molecule has 23 heavy (non-hydrogen) atoms. The number of hydrogen-bond acceptors (Lipinski definition) is 2. The van der Waals surface area contributed by atoms with Gasteiger partial charge in [-0.05, 0) is 60.7 Å². The molecule has 0 saturated heterocycles. The highest BCUT2D eigenvalue weighted by Crippen LogP contribution is 2.29. The van der Waals surface area contributed by atoms with Crippen LogP contribution in [0.25, 0.3) is 28.1 Å². The second kappa shape index (κ2) is 5.45. The van der Waals surface area contributed by atoms with Crippen LogP contribution in [0, 0.1) is 0 Å². The third kappa shape index (κ3) is 2.45. The zero-order valence-electron chi connectivity index (χ0n) is 12.1. The van der Waals surface area contributed by atoms with Crippen molar-refractivity contribution in [3.8, 4) is 22.8 Å². The molecule has 112 valence electrons. The van der Waals surface area contributed by atoms with E-state index in [1.807, 2.05) is 60.7 Å². The van der Waals surface area contributed by atoms with Gasteiger partial charge in [-0.2, -0.15) is 0 Å². The van der Waals surface area contributed by atoms with E-state index in [2.05, 4.69) is 4.57 Å². The molecule has 0 fully saturated rings. The van der Waals surface area contributed by atoms with Gasteiger partial charge in [0.1, 0.15) is 11.6 Å². The molecule has 1 aromatic heterocycles. The van der Waals surface area contributed by atoms with Crippen molar-refractivity contribution in [1.29, 1.82) is 0 Å². The predicted molar refractivity (Wildman–Crippen MR) is 93.2 cm³/mol. The molecule has 1 N–H and O–H groups in total. The normalized spacial score (nSPS) is 11.0. The van der Waals surface area contributed by atoms with E-state index >= 15 is 0 Å². The highest BCUT2D eigenvalue weighted by atomic mass is 35.5. The van der Waals surface area contributed by atoms with E-state index in [-0.39, 0.29) is 5.75 Å². The standard InChI is InChI=1S/C19H13ClN2O/c20-14-7-9-15(10-8-14)22-18-4-2-1-3-17(18)21-19(22)13-5-11-16(23)12-6-13/h1-12,23H. The summed E-state index contributed by atoms with van der Waals surface area (Å²) in [6, 6.07) is 22.7. The molecule has 4 aromatic rings. The molecule has 0 aliphatic heterocycles. The Morgan fingerprint density at radius 1 is 0.826 bits per heavy atom. The molecule has 0 spiro atoms. The van der Waals surface area contributed by atoms with Crippen LogP contribution < -0.4 is 0 Å². The van der Waals surface area contributed by atoms with Gasteiger partial charge in [0.25, 0.3) is 0 Å². The summed E-state index contributed by atoms with van der Waals surface area (Å²) in [5.74, 6) is 1.07. The summed E-state index contributed by atoms with van der Waals surface area (Å²) >= 11 is 6.01. The monoisotopic (exact) mass is 320 g/mol. The Bertz CT molecular complexity index is 973. The summed E-state index contributed by atoms with van der Waals surface area (Å²) in [6.45, 7) is 0. The van der Waals surface area contributed by atoms with E-state index in [0.717, 1.165) is 28.1 Å². The highest BCUT2D eigenvalue weighted by Gasteiger charge is 2.13. The molecule has 1 heterocycles. The second-order valence-electron chi connectivity index (χ2n) is 5.28. The van der Waals surface area contributed by atoms with Crippen LogP contribution in [-0.4, -0.2) is 14.7 Å². The fourth-order valence-corrected chi connectivity index (χ4v) is 2.81. The topological polar surface area (TPSA) is 38.1 Å². The molecule has 0 atom stereocenters. The van der Waals surface area contributed by atoms with Gasteiger partial charge in [-0.1, -0.05) is 23.7 Å². The van der Waals surface area contributed by atoms with Crippen molar-refractivity contribution < 1.29 is 5.11 Å². The van der Waals surface area contributed by atoms with Gasteiger partial charge in [0, 0.05) is 16.3 Å². The number of aromatic hydroxyl groups is 1. The first-order valence-corrected chi connectivity index (χ1v) is 7.63. The van der Waals surface area contributed by atoms with E-state index in [1.165, 1.54) is 0 Å². The predicted octanol–water partition coefficient (Wildman–Crippen LogP) is 5.05. The van der Waals surface area contributed by atoms with Crippen LogP contribution >= 0.6 is 11.6 Å². The number of aromatic nitrogens is 2. The fraction of sp³-hybridized carbons (Fsp3) is 0. The van der Waals surface area contributed by atoms with Crippen molar-refractivity contribution in [2.24, 2.45) is 0 Å². The van der Waals surface area contributed by atoms with Crippen molar-refractivity contribution >= 4 is 22.6 Å². The summed E-state index contributed by atoms with van der Waals surface area (Å²) in [4.78, 5) is 4.76. The van der Waals surface area contributed by atoms with Gasteiger partial charge in [-0.3, -0.25) is 4.57 Å². The maximum absolute atomic E-state index is 9.52. The van der Waals surface area contributed by atoms with Crippen LogP contribution in [-0.2, 0) is 0 Å². The number of phenols is 1. The van der Waals surface area contributed by atoms with E-state index in [1.54, 1.807) is 12.1 Å². The van der Waals surface area contributed by atoms with Crippen molar-refractivity contribution in [2.45, 2.75) is 0 Å². The number of phenolic OH excluding ortho intramolecular Hbond substituents is 1. The molecule has 4 rings (SSSR count). The lowest BCUT2D eigenvalue weighted by Gasteiger charge is -2.10. The van der Waals surface area contributed by atoms with Crippen LogP contribution in [0.5, 0.6) is 5.75 Å². The van der Waals surface area contributed by atoms with Crippen molar-refractivity contribution in [3.63, 3.8) is 0 Å². The fourth-order valence-electron chi connectivity index (χ4n) is 2.68. The number of para-hydroxylation sites is 2. The second-order valence-corrected chi connectivity index (χ2v) is 5.72. The Balaban J connectivity index is 2.01. The number of hydrogen-bond donors (Lipinski definition) is 1. The third-order valence-electron chi connectivity index (χ3n) is 3.77. The zero-order valence-corrected chi connectivity index (χ0v) is 12.9. The quantitative estimate of drug-likeness (QED) is 0.561. The van der Waals surface area contributed by atoms with E-state index in [0.29, 0.717) is 5.02 Å². The molecular formula is C19H13ClN2O. The van der Waals surface area contributed by atoms with E-state index < -0.39 is 0 Å². The molecule has 0 saturated carbocycles. The Labute approximate surface area is 138 Å². The maximum Gasteiger partial charge on any atom is 0.145 e. The molecule has 3 aromatic carbocycles. The summed E-state index contributed by atoms with van der Waals surface area (Å²) in [7, 11) is 0. The molecule has 3 nitrogen and oxygen atoms in total. The number of rotatable bonds is 2. The Kier molecular flexibility index (Phi) is 3.28. The molecular weight excluding hydrogens is 308 g/mol. The van der Waals surface area contributed by atoms with Gasteiger partial charge in [0.05, 0.1) is 11.0 Å². The number of nitrogens with zero attached hydrogens (tertiary/aromatic N) is 2. The maximum atomic E-state index is 9.52. The largest absolute Gasteiger partial charge is 0.508 e. The molecule has 0 aliphatic rings. The van der Waals surface area contributed by atoms with Gasteiger partial charge in [0.2, 0.25) is 0 Å². The van der Waals surface area contributed by atoms with E-state index in [4.69, 9.17) is 16.6 Å². The minimum atomic E-state index is 0.239. The lowest BCUT2D eigenvalue weighted by molar-refractivity contribution is 0.475.